The molecule has 1 aromatic carbocycles. The van der Waals surface area contributed by atoms with Crippen LogP contribution in [0.5, 0.6) is 0 Å². The van der Waals surface area contributed by atoms with Gasteiger partial charge in [0, 0.05) is 5.71 Å². The number of nitrogens with zero attached hydrogens (tertiary/aromatic N) is 1. The number of benzene rings is 1. The highest BCUT2D eigenvalue weighted by atomic mass is 32.2. The van der Waals surface area contributed by atoms with E-state index in [4.69, 9.17) is 9.73 Å². The number of esters is 1. The topological polar surface area (TPSA) is 38.7 Å². The van der Waals surface area contributed by atoms with Crippen molar-refractivity contribution in [2.45, 2.75) is 31.4 Å². The standard InChI is InChI=1S/C15H19NO2S/c1-4-18-14(17)10-9-13-15(2,19-3)11-7-5-6-8-12(11)16-13/h5-8H,4,9-10H2,1-3H3. The van der Waals surface area contributed by atoms with Crippen molar-refractivity contribution in [1.29, 1.82) is 0 Å². The normalized spacial score (nSPS) is 20.9. The summed E-state index contributed by atoms with van der Waals surface area (Å²) in [6.07, 6.45) is 3.14. The highest BCUT2D eigenvalue weighted by Gasteiger charge is 2.38. The van der Waals surface area contributed by atoms with Crippen molar-refractivity contribution < 1.29 is 9.53 Å². The molecule has 3 nitrogen and oxygen atoms in total. The minimum Gasteiger partial charge on any atom is -0.466 e. The first-order chi connectivity index (χ1) is 9.11. The molecule has 102 valence electrons. The Morgan fingerprint density at radius 1 is 1.42 bits per heavy atom. The lowest BCUT2D eigenvalue weighted by Gasteiger charge is -2.25. The van der Waals surface area contributed by atoms with Gasteiger partial charge in [0.2, 0.25) is 0 Å². The predicted octanol–water partition coefficient (Wildman–Crippen LogP) is 3.69. The molecule has 0 saturated carbocycles. The first-order valence-electron chi connectivity index (χ1n) is 6.50. The molecule has 0 bridgehead atoms. The van der Waals surface area contributed by atoms with Crippen LogP contribution in [0.1, 0.15) is 32.3 Å². The molecule has 4 heteroatoms. The molecule has 0 fully saturated rings. The Balaban J connectivity index is 2.16. The zero-order valence-electron chi connectivity index (χ0n) is 11.6. The van der Waals surface area contributed by atoms with Gasteiger partial charge >= 0.3 is 5.97 Å². The van der Waals surface area contributed by atoms with E-state index in [1.54, 1.807) is 11.8 Å². The maximum absolute atomic E-state index is 11.5. The largest absolute Gasteiger partial charge is 0.466 e. The zero-order chi connectivity index (χ0) is 13.9. The summed E-state index contributed by atoms with van der Waals surface area (Å²) < 4.78 is 4.86. The first-order valence-corrected chi connectivity index (χ1v) is 7.72. The van der Waals surface area contributed by atoms with Gasteiger partial charge in [-0.15, -0.1) is 11.8 Å². The highest BCUT2D eigenvalue weighted by molar-refractivity contribution is 8.00. The molecular formula is C15H19NO2S. The van der Waals surface area contributed by atoms with Gasteiger partial charge in [-0.3, -0.25) is 9.79 Å². The molecule has 0 N–H and O–H groups in total. The van der Waals surface area contributed by atoms with Crippen LogP contribution in [-0.2, 0) is 14.3 Å². The minimum atomic E-state index is -0.149. The molecule has 0 amide bonds. The second kappa shape index (κ2) is 5.78. The third kappa shape index (κ3) is 2.68. The van der Waals surface area contributed by atoms with Crippen molar-refractivity contribution in [2.75, 3.05) is 12.9 Å². The molecule has 0 saturated heterocycles. The molecule has 0 aromatic heterocycles. The van der Waals surface area contributed by atoms with Gasteiger partial charge in [-0.05, 0) is 38.2 Å². The highest BCUT2D eigenvalue weighted by Crippen LogP contribution is 2.47. The summed E-state index contributed by atoms with van der Waals surface area (Å²) in [4.78, 5) is 16.2. The SMILES string of the molecule is CCOC(=O)CCC1=Nc2ccccc2C1(C)SC. The summed E-state index contributed by atoms with van der Waals surface area (Å²) in [6.45, 7) is 4.44. The van der Waals surface area contributed by atoms with Gasteiger partial charge in [-0.25, -0.2) is 0 Å². The summed E-state index contributed by atoms with van der Waals surface area (Å²) >= 11 is 1.77. The molecule has 1 aliphatic heterocycles. The van der Waals surface area contributed by atoms with E-state index in [0.717, 1.165) is 11.4 Å². The number of ether oxygens (including phenoxy) is 1. The van der Waals surface area contributed by atoms with E-state index >= 15 is 0 Å². The van der Waals surface area contributed by atoms with Crippen LogP contribution >= 0.6 is 11.8 Å². The van der Waals surface area contributed by atoms with Gasteiger partial charge in [0.25, 0.3) is 0 Å². The molecule has 1 atom stereocenters. The number of rotatable bonds is 5. The lowest BCUT2D eigenvalue weighted by Crippen LogP contribution is -2.26. The second-order valence-corrected chi connectivity index (χ2v) is 5.84. The second-order valence-electron chi connectivity index (χ2n) is 4.62. The molecule has 0 aliphatic carbocycles. The van der Waals surface area contributed by atoms with E-state index in [1.165, 1.54) is 5.56 Å². The van der Waals surface area contributed by atoms with Crippen molar-refractivity contribution in [3.8, 4) is 0 Å². The van der Waals surface area contributed by atoms with E-state index < -0.39 is 0 Å². The van der Waals surface area contributed by atoms with Crippen molar-refractivity contribution in [1.82, 2.24) is 0 Å². The van der Waals surface area contributed by atoms with Crippen molar-refractivity contribution in [3.63, 3.8) is 0 Å². The fourth-order valence-electron chi connectivity index (χ4n) is 2.36. The third-order valence-corrected chi connectivity index (χ3v) is 4.78. The summed E-state index contributed by atoms with van der Waals surface area (Å²) in [5.74, 6) is -0.149. The maximum Gasteiger partial charge on any atom is 0.306 e. The molecule has 19 heavy (non-hydrogen) atoms. The van der Waals surface area contributed by atoms with Gasteiger partial charge in [-0.1, -0.05) is 18.2 Å². The van der Waals surface area contributed by atoms with Crippen molar-refractivity contribution >= 4 is 29.1 Å². The van der Waals surface area contributed by atoms with Crippen LogP contribution in [0, 0.1) is 0 Å². The summed E-state index contributed by atoms with van der Waals surface area (Å²) in [5.41, 5.74) is 3.33. The summed E-state index contributed by atoms with van der Waals surface area (Å²) in [6, 6.07) is 8.18. The number of thioether (sulfide) groups is 1. The van der Waals surface area contributed by atoms with E-state index in [1.807, 2.05) is 25.1 Å². The van der Waals surface area contributed by atoms with E-state index in [9.17, 15) is 4.79 Å². The summed E-state index contributed by atoms with van der Waals surface area (Å²) in [5, 5.41) is 0. The molecule has 1 unspecified atom stereocenters. The molecule has 2 rings (SSSR count). The van der Waals surface area contributed by atoms with Gasteiger partial charge < -0.3 is 4.74 Å². The Hall–Kier alpha value is -1.29. The number of para-hydroxylation sites is 1. The Kier molecular flexibility index (Phi) is 4.30. The fourth-order valence-corrected chi connectivity index (χ4v) is 3.13. The molecular weight excluding hydrogens is 258 g/mol. The smallest absolute Gasteiger partial charge is 0.306 e. The molecule has 1 heterocycles. The molecule has 1 aromatic rings. The summed E-state index contributed by atoms with van der Waals surface area (Å²) in [7, 11) is 0. The Bertz CT molecular complexity index is 513. The zero-order valence-corrected chi connectivity index (χ0v) is 12.4. The Labute approximate surface area is 118 Å². The number of carbonyl (C=O) groups is 1. The maximum atomic E-state index is 11.5. The lowest BCUT2D eigenvalue weighted by atomic mass is 9.94. The van der Waals surface area contributed by atoms with Crippen LogP contribution in [0.2, 0.25) is 0 Å². The first kappa shape index (κ1) is 14.1. The van der Waals surface area contributed by atoms with E-state index in [-0.39, 0.29) is 10.7 Å². The average Bonchev–Trinajstić information content (AvgIpc) is 2.71. The number of aliphatic imine (C=N–C) groups is 1. The Morgan fingerprint density at radius 3 is 2.84 bits per heavy atom. The van der Waals surface area contributed by atoms with Gasteiger partial charge in [0.05, 0.1) is 23.5 Å². The van der Waals surface area contributed by atoms with E-state index in [0.29, 0.717) is 19.4 Å². The molecule has 1 aliphatic rings. The van der Waals surface area contributed by atoms with Crippen LogP contribution in [0.25, 0.3) is 0 Å². The van der Waals surface area contributed by atoms with Crippen molar-refractivity contribution in [3.05, 3.63) is 29.8 Å². The van der Waals surface area contributed by atoms with Crippen LogP contribution in [0.15, 0.2) is 29.3 Å². The molecule has 0 spiro atoms. The predicted molar refractivity (Wildman–Crippen MR) is 80.3 cm³/mol. The van der Waals surface area contributed by atoms with Crippen LogP contribution in [0.4, 0.5) is 5.69 Å². The fraction of sp³-hybridized carbons (Fsp3) is 0.467. The lowest BCUT2D eigenvalue weighted by molar-refractivity contribution is -0.142. The third-order valence-electron chi connectivity index (χ3n) is 3.50. The monoisotopic (exact) mass is 277 g/mol. The van der Waals surface area contributed by atoms with Crippen LogP contribution in [-0.4, -0.2) is 24.5 Å². The number of fused-ring (bicyclic) bond motifs is 1. The number of hydrogen-bond donors (Lipinski definition) is 0. The number of carbonyl (C=O) groups excluding carboxylic acids is 1. The van der Waals surface area contributed by atoms with Gasteiger partial charge in [0.15, 0.2) is 0 Å². The van der Waals surface area contributed by atoms with Crippen molar-refractivity contribution in [2.24, 2.45) is 4.99 Å². The number of hydrogen-bond acceptors (Lipinski definition) is 4. The minimum absolute atomic E-state index is 0.122. The van der Waals surface area contributed by atoms with Gasteiger partial charge in [0.1, 0.15) is 0 Å². The van der Waals surface area contributed by atoms with Crippen LogP contribution < -0.4 is 0 Å². The molecule has 0 radical (unpaired) electrons. The van der Waals surface area contributed by atoms with Crippen LogP contribution in [0.3, 0.4) is 0 Å². The van der Waals surface area contributed by atoms with Gasteiger partial charge in [-0.2, -0.15) is 0 Å². The quantitative estimate of drug-likeness (QED) is 0.770. The average molecular weight is 277 g/mol. The van der Waals surface area contributed by atoms with E-state index in [2.05, 4.69) is 19.2 Å². The Morgan fingerprint density at radius 2 is 2.16 bits per heavy atom.